The molecule has 1 aliphatic carbocycles. The number of ether oxygens (including phenoxy) is 1. The fourth-order valence-corrected chi connectivity index (χ4v) is 5.54. The third-order valence-electron chi connectivity index (χ3n) is 5.95. The maximum absolute atomic E-state index is 13.4. The van der Waals surface area contributed by atoms with E-state index < -0.39 is 52.8 Å². The second-order valence-electron chi connectivity index (χ2n) is 8.44. The largest absolute Gasteiger partial charge is 0.456 e. The summed E-state index contributed by atoms with van der Waals surface area (Å²) in [6.07, 6.45) is 0. The number of ketones is 2. The van der Waals surface area contributed by atoms with Crippen molar-refractivity contribution in [3.05, 3.63) is 101 Å². The second kappa shape index (κ2) is 12.4. The molecule has 0 saturated carbocycles. The third-order valence-corrected chi connectivity index (χ3v) is 7.72. The summed E-state index contributed by atoms with van der Waals surface area (Å²) in [7, 11) is -9.78. The van der Waals surface area contributed by atoms with Crippen LogP contribution < -0.4 is 15.8 Å². The molecule has 0 heterocycles. The van der Waals surface area contributed by atoms with Gasteiger partial charge in [-0.25, -0.2) is 0 Å². The average Bonchev–Trinajstić information content (AvgIpc) is 2.88. The van der Waals surface area contributed by atoms with E-state index in [4.69, 9.17) is 10.5 Å². The van der Waals surface area contributed by atoms with E-state index in [0.717, 1.165) is 12.1 Å². The molecule has 4 aromatic carbocycles. The van der Waals surface area contributed by atoms with E-state index in [1.807, 2.05) is 0 Å². The van der Waals surface area contributed by atoms with Crippen LogP contribution in [0.15, 0.2) is 88.7 Å². The first-order valence-electron chi connectivity index (χ1n) is 11.1. The number of benzene rings is 4. The molecular weight excluding hydrogens is 594 g/mol. The summed E-state index contributed by atoms with van der Waals surface area (Å²) in [6, 6.07) is 18.5. The van der Waals surface area contributed by atoms with Crippen molar-refractivity contribution >= 4 is 108 Å². The number of para-hydroxylation sites is 1. The molecule has 0 bridgehead atoms. The fourth-order valence-electron chi connectivity index (χ4n) is 4.25. The van der Waals surface area contributed by atoms with Gasteiger partial charge in [0, 0.05) is 75.9 Å². The molecule has 41 heavy (non-hydrogen) atoms. The van der Waals surface area contributed by atoms with Gasteiger partial charge in [0.25, 0.3) is 20.2 Å². The van der Waals surface area contributed by atoms with Crippen molar-refractivity contribution in [3.63, 3.8) is 0 Å². The van der Waals surface area contributed by atoms with Crippen LogP contribution in [0.1, 0.15) is 31.8 Å². The second-order valence-corrected chi connectivity index (χ2v) is 11.2. The molecule has 11 nitrogen and oxygen atoms in total. The number of rotatable bonds is 6. The molecule has 4 aromatic rings. The summed E-state index contributed by atoms with van der Waals surface area (Å²) >= 11 is 0. The van der Waals surface area contributed by atoms with Crippen LogP contribution in [0.2, 0.25) is 0 Å². The third kappa shape index (κ3) is 6.44. The van der Waals surface area contributed by atoms with Crippen molar-refractivity contribution in [2.24, 2.45) is 0 Å². The van der Waals surface area contributed by atoms with Crippen LogP contribution in [0.4, 0.5) is 17.1 Å². The molecule has 1 aliphatic rings. The molecule has 0 aromatic heterocycles. The zero-order valence-corrected chi connectivity index (χ0v) is 27.3. The number of carbonyl (C=O) groups excluding carboxylic acids is 2. The van der Waals surface area contributed by atoms with Gasteiger partial charge in [0.1, 0.15) is 21.3 Å². The Morgan fingerprint density at radius 2 is 1.22 bits per heavy atom. The predicted molar refractivity (Wildman–Crippen MR) is 152 cm³/mol. The molecule has 0 unspecified atom stereocenters. The van der Waals surface area contributed by atoms with Crippen LogP contribution in [0.5, 0.6) is 11.5 Å². The van der Waals surface area contributed by atoms with Gasteiger partial charge in [-0.3, -0.25) is 18.7 Å². The number of hydrogen-bond donors (Lipinski definition) is 4. The Morgan fingerprint density at radius 1 is 0.683 bits per heavy atom. The van der Waals surface area contributed by atoms with Crippen LogP contribution in [0.3, 0.4) is 0 Å². The van der Waals surface area contributed by atoms with Crippen molar-refractivity contribution < 1.29 is 40.3 Å². The van der Waals surface area contributed by atoms with E-state index in [9.17, 15) is 35.5 Å². The van der Waals surface area contributed by atoms with Gasteiger partial charge in [-0.05, 0) is 36.4 Å². The minimum absolute atomic E-state index is 0. The van der Waals surface area contributed by atoms with Gasteiger partial charge in [0.05, 0.1) is 22.5 Å². The van der Waals surface area contributed by atoms with Crippen molar-refractivity contribution in [2.45, 2.75) is 9.79 Å². The zero-order chi connectivity index (χ0) is 28.1. The number of nitrogen functional groups attached to an aromatic ring is 1. The fraction of sp³-hybridized carbons (Fsp3) is 0. The van der Waals surface area contributed by atoms with Crippen molar-refractivity contribution in [2.75, 3.05) is 11.1 Å². The molecule has 5 rings (SSSR count). The topological polar surface area (TPSA) is 190 Å². The zero-order valence-electron chi connectivity index (χ0n) is 21.7. The molecule has 0 amide bonds. The van der Waals surface area contributed by atoms with Crippen LogP contribution in [0, 0.1) is 0 Å². The Morgan fingerprint density at radius 3 is 1.78 bits per heavy atom. The van der Waals surface area contributed by atoms with E-state index in [1.54, 1.807) is 36.4 Å². The minimum Gasteiger partial charge on any atom is -0.456 e. The molecule has 2 radical (unpaired) electrons. The summed E-state index contributed by atoms with van der Waals surface area (Å²) in [4.78, 5) is 25.3. The molecular formula is C26H18N2Na2O9S2. The summed E-state index contributed by atoms with van der Waals surface area (Å²) in [5, 5.41) is 2.72. The first-order chi connectivity index (χ1) is 18.4. The maximum atomic E-state index is 13.4. The van der Waals surface area contributed by atoms with Crippen LogP contribution >= 0.6 is 0 Å². The van der Waals surface area contributed by atoms with Gasteiger partial charge in [-0.1, -0.05) is 42.5 Å². The van der Waals surface area contributed by atoms with E-state index in [0.29, 0.717) is 0 Å². The Hall–Kier alpha value is -2.56. The SMILES string of the molecule is Nc1c(S(=O)(=O)O)cc(Nc2ccc(Oc3ccccc3)c(S(=O)(=O)O)c2)c2c1C(=O)c1ccccc1C2=O.[Na].[Na]. The first kappa shape index (κ1) is 32.9. The number of fused-ring (bicyclic) bond motifs is 2. The molecule has 0 saturated heterocycles. The molecule has 0 fully saturated rings. The molecule has 200 valence electrons. The molecule has 5 N–H and O–H groups in total. The maximum Gasteiger partial charge on any atom is 0.298 e. The van der Waals surface area contributed by atoms with Gasteiger partial charge in [0.15, 0.2) is 11.6 Å². The smallest absolute Gasteiger partial charge is 0.298 e. The van der Waals surface area contributed by atoms with Gasteiger partial charge >= 0.3 is 0 Å². The van der Waals surface area contributed by atoms with Gasteiger partial charge in [-0.15, -0.1) is 0 Å². The number of hydrogen-bond acceptors (Lipinski definition) is 9. The standard InChI is InChI=1S/C26H18N2O9S2.2Na/c27-24-21(39(34,35)36)13-18(22-23(24)26(30)17-9-5-4-8-16(17)25(22)29)28-14-10-11-19(20(12-14)38(31,32)33)37-15-6-2-1-3-7-15;;/h1-13,28H,27H2,(H,31,32,33)(H,34,35,36);;. The van der Waals surface area contributed by atoms with E-state index in [2.05, 4.69) is 5.32 Å². The predicted octanol–water partition coefficient (Wildman–Crippen LogP) is 3.31. The van der Waals surface area contributed by atoms with Gasteiger partial charge in [0.2, 0.25) is 0 Å². The Labute approximate surface area is 279 Å². The normalized spacial score (nSPS) is 12.3. The van der Waals surface area contributed by atoms with Crippen molar-refractivity contribution in [1.29, 1.82) is 0 Å². The van der Waals surface area contributed by atoms with Crippen molar-refractivity contribution in [1.82, 2.24) is 0 Å². The first-order valence-corrected chi connectivity index (χ1v) is 14.0. The molecule has 0 spiro atoms. The Kier molecular flexibility index (Phi) is 9.93. The average molecular weight is 613 g/mol. The van der Waals surface area contributed by atoms with E-state index in [-0.39, 0.29) is 98.7 Å². The Balaban J connectivity index is 0.00000231. The molecule has 0 atom stereocenters. The van der Waals surface area contributed by atoms with E-state index >= 15 is 0 Å². The minimum atomic E-state index is -4.96. The quantitative estimate of drug-likeness (QED) is 0.125. The number of nitrogens with two attached hydrogens (primary N) is 1. The Bertz CT molecular complexity index is 1920. The van der Waals surface area contributed by atoms with Gasteiger partial charge in [-0.2, -0.15) is 16.8 Å². The number of carbonyl (C=O) groups is 2. The summed E-state index contributed by atoms with van der Waals surface area (Å²) < 4.78 is 73.7. The van der Waals surface area contributed by atoms with Crippen LogP contribution in [0.25, 0.3) is 0 Å². The number of nitrogens with one attached hydrogen (secondary N) is 1. The number of anilines is 3. The van der Waals surface area contributed by atoms with Gasteiger partial charge < -0.3 is 15.8 Å². The van der Waals surface area contributed by atoms with E-state index in [1.165, 1.54) is 30.3 Å². The van der Waals surface area contributed by atoms with Crippen LogP contribution in [-0.2, 0) is 20.2 Å². The summed E-state index contributed by atoms with van der Waals surface area (Å²) in [6.45, 7) is 0. The van der Waals surface area contributed by atoms with Crippen LogP contribution in [-0.4, -0.2) is 96.6 Å². The monoisotopic (exact) mass is 612 g/mol. The molecule has 0 aliphatic heterocycles. The summed E-state index contributed by atoms with van der Waals surface area (Å²) in [5.74, 6) is -1.32. The molecule has 15 heteroatoms. The summed E-state index contributed by atoms with van der Waals surface area (Å²) in [5.41, 5.74) is 4.40. The van der Waals surface area contributed by atoms with Crippen molar-refractivity contribution in [3.8, 4) is 11.5 Å².